The molecular weight excluding hydrogens is 248 g/mol. The maximum absolute atomic E-state index is 13.6. The molecule has 1 nitrogen and oxygen atoms in total. The van der Waals surface area contributed by atoms with Gasteiger partial charge in [0.05, 0.1) is 0 Å². The molecule has 0 atom stereocenters. The van der Waals surface area contributed by atoms with E-state index in [1.54, 1.807) is 0 Å². The Morgan fingerprint density at radius 3 is 2.11 bits per heavy atom. The molecule has 1 N–H and O–H groups in total. The lowest BCUT2D eigenvalue weighted by Crippen LogP contribution is -1.99. The number of aryl methyl sites for hydroxylation is 1. The van der Waals surface area contributed by atoms with Crippen molar-refractivity contribution < 1.29 is 22.7 Å². The minimum Gasteiger partial charge on any atom is -0.508 e. The van der Waals surface area contributed by atoms with Crippen molar-refractivity contribution >= 4 is 0 Å². The Bertz CT molecular complexity index is 623. The standard InChI is InChI=1S/C13H8F4O/c1-6-4-7(18)2-3-8(6)9-5-10(14)12(16)13(17)11(9)15/h2-5,18H,1H3. The van der Waals surface area contributed by atoms with Crippen LogP contribution in [-0.4, -0.2) is 5.11 Å². The van der Waals surface area contributed by atoms with E-state index < -0.39 is 23.3 Å². The van der Waals surface area contributed by atoms with Gasteiger partial charge in [-0.3, -0.25) is 0 Å². The highest BCUT2D eigenvalue weighted by Gasteiger charge is 2.20. The Balaban J connectivity index is 2.72. The van der Waals surface area contributed by atoms with Crippen molar-refractivity contribution in [2.24, 2.45) is 0 Å². The first-order valence-corrected chi connectivity index (χ1v) is 5.04. The Hall–Kier alpha value is -2.04. The maximum Gasteiger partial charge on any atom is 0.198 e. The minimum absolute atomic E-state index is 0.0558. The predicted octanol–water partition coefficient (Wildman–Crippen LogP) is 3.92. The van der Waals surface area contributed by atoms with Gasteiger partial charge in [0.2, 0.25) is 0 Å². The molecule has 0 aliphatic heterocycles. The average molecular weight is 256 g/mol. The molecule has 0 unspecified atom stereocenters. The van der Waals surface area contributed by atoms with Crippen LogP contribution in [0.5, 0.6) is 5.75 Å². The summed E-state index contributed by atoms with van der Waals surface area (Å²) >= 11 is 0. The van der Waals surface area contributed by atoms with Crippen LogP contribution in [0, 0.1) is 30.2 Å². The normalized spacial score (nSPS) is 10.7. The fourth-order valence-corrected chi connectivity index (χ4v) is 1.72. The highest BCUT2D eigenvalue weighted by Crippen LogP contribution is 2.31. The van der Waals surface area contributed by atoms with Crippen molar-refractivity contribution in [3.63, 3.8) is 0 Å². The maximum atomic E-state index is 13.6. The van der Waals surface area contributed by atoms with E-state index >= 15 is 0 Å². The summed E-state index contributed by atoms with van der Waals surface area (Å²) in [6.45, 7) is 1.54. The molecular formula is C13H8F4O. The van der Waals surface area contributed by atoms with Gasteiger partial charge in [0.1, 0.15) is 5.75 Å². The number of hydrogen-bond donors (Lipinski definition) is 1. The Labute approximate surface area is 100 Å². The zero-order chi connectivity index (χ0) is 13.4. The van der Waals surface area contributed by atoms with Crippen molar-refractivity contribution in [2.45, 2.75) is 6.92 Å². The third-order valence-corrected chi connectivity index (χ3v) is 2.60. The second kappa shape index (κ2) is 4.33. The zero-order valence-electron chi connectivity index (χ0n) is 9.27. The van der Waals surface area contributed by atoms with E-state index in [9.17, 15) is 22.7 Å². The molecule has 0 saturated heterocycles. The third-order valence-electron chi connectivity index (χ3n) is 2.60. The van der Waals surface area contributed by atoms with Crippen LogP contribution >= 0.6 is 0 Å². The number of rotatable bonds is 1. The van der Waals surface area contributed by atoms with Crippen LogP contribution in [0.25, 0.3) is 11.1 Å². The summed E-state index contributed by atoms with van der Waals surface area (Å²) in [6, 6.07) is 4.46. The summed E-state index contributed by atoms with van der Waals surface area (Å²) in [4.78, 5) is 0. The molecule has 0 aliphatic carbocycles. The molecule has 0 aromatic heterocycles. The number of phenolic OH excluding ortho intramolecular Hbond substituents is 1. The molecule has 18 heavy (non-hydrogen) atoms. The van der Waals surface area contributed by atoms with Crippen LogP contribution in [-0.2, 0) is 0 Å². The van der Waals surface area contributed by atoms with Crippen LogP contribution in [0.4, 0.5) is 17.6 Å². The third kappa shape index (κ3) is 1.92. The Kier molecular flexibility index (Phi) is 2.98. The van der Waals surface area contributed by atoms with Gasteiger partial charge in [-0.05, 0) is 36.2 Å². The monoisotopic (exact) mass is 256 g/mol. The van der Waals surface area contributed by atoms with Crippen LogP contribution in [0.2, 0.25) is 0 Å². The lowest BCUT2D eigenvalue weighted by molar-refractivity contribution is 0.411. The average Bonchev–Trinajstić information content (AvgIpc) is 2.32. The predicted molar refractivity (Wildman–Crippen MR) is 58.1 cm³/mol. The number of phenols is 1. The minimum atomic E-state index is -1.85. The molecule has 2 aromatic rings. The van der Waals surface area contributed by atoms with Crippen molar-refractivity contribution in [3.05, 3.63) is 53.1 Å². The first-order valence-electron chi connectivity index (χ1n) is 5.04. The van der Waals surface area contributed by atoms with E-state index in [4.69, 9.17) is 0 Å². The fraction of sp³-hybridized carbons (Fsp3) is 0.0769. The molecule has 0 saturated carbocycles. The molecule has 0 radical (unpaired) electrons. The van der Waals surface area contributed by atoms with Gasteiger partial charge in [0.15, 0.2) is 23.3 Å². The molecule has 0 fully saturated rings. The number of aromatic hydroxyl groups is 1. The van der Waals surface area contributed by atoms with Crippen LogP contribution in [0.3, 0.4) is 0 Å². The molecule has 2 aromatic carbocycles. The van der Waals surface area contributed by atoms with Crippen molar-refractivity contribution in [1.29, 1.82) is 0 Å². The second-order valence-electron chi connectivity index (χ2n) is 3.85. The highest BCUT2D eigenvalue weighted by atomic mass is 19.2. The summed E-state index contributed by atoms with van der Waals surface area (Å²) in [5.74, 6) is -6.66. The first kappa shape index (κ1) is 12.4. The lowest BCUT2D eigenvalue weighted by Gasteiger charge is -2.09. The van der Waals surface area contributed by atoms with Crippen molar-refractivity contribution in [2.75, 3.05) is 0 Å². The Morgan fingerprint density at radius 1 is 0.833 bits per heavy atom. The van der Waals surface area contributed by atoms with Crippen LogP contribution < -0.4 is 0 Å². The van der Waals surface area contributed by atoms with Crippen LogP contribution in [0.1, 0.15) is 5.56 Å². The second-order valence-corrected chi connectivity index (χ2v) is 3.85. The largest absolute Gasteiger partial charge is 0.508 e. The topological polar surface area (TPSA) is 20.2 Å². The number of benzene rings is 2. The summed E-state index contributed by atoms with van der Waals surface area (Å²) in [7, 11) is 0. The van der Waals surface area contributed by atoms with Crippen molar-refractivity contribution in [1.82, 2.24) is 0 Å². The summed E-state index contributed by atoms with van der Waals surface area (Å²) < 4.78 is 52.6. The van der Waals surface area contributed by atoms with Crippen molar-refractivity contribution in [3.8, 4) is 16.9 Å². The number of halogens is 4. The summed E-state index contributed by atoms with van der Waals surface area (Å²) in [6.07, 6.45) is 0. The van der Waals surface area contributed by atoms with E-state index in [0.29, 0.717) is 11.6 Å². The van der Waals surface area contributed by atoms with Gasteiger partial charge in [0, 0.05) is 5.56 Å². The molecule has 0 aliphatic rings. The smallest absolute Gasteiger partial charge is 0.198 e. The molecule has 94 valence electrons. The van der Waals surface area contributed by atoms with Crippen LogP contribution in [0.15, 0.2) is 24.3 Å². The zero-order valence-corrected chi connectivity index (χ0v) is 9.27. The van der Waals surface area contributed by atoms with Gasteiger partial charge < -0.3 is 5.11 Å². The summed E-state index contributed by atoms with van der Waals surface area (Å²) in [5, 5.41) is 9.21. The van der Waals surface area contributed by atoms with Gasteiger partial charge in [-0.2, -0.15) is 0 Å². The van der Waals surface area contributed by atoms with Gasteiger partial charge >= 0.3 is 0 Å². The molecule has 2 rings (SSSR count). The lowest BCUT2D eigenvalue weighted by atomic mass is 9.99. The van der Waals surface area contributed by atoms with Gasteiger partial charge in [0.25, 0.3) is 0 Å². The fourth-order valence-electron chi connectivity index (χ4n) is 1.72. The van der Waals surface area contributed by atoms with E-state index in [2.05, 4.69) is 0 Å². The van der Waals surface area contributed by atoms with Gasteiger partial charge in [-0.1, -0.05) is 6.07 Å². The highest BCUT2D eigenvalue weighted by molar-refractivity contribution is 5.69. The quantitative estimate of drug-likeness (QED) is 0.465. The van der Waals surface area contributed by atoms with Gasteiger partial charge in [-0.25, -0.2) is 17.6 Å². The summed E-state index contributed by atoms with van der Waals surface area (Å²) in [5.41, 5.74) is 0.214. The molecule has 0 bridgehead atoms. The number of hydrogen-bond acceptors (Lipinski definition) is 1. The molecule has 5 heteroatoms. The van der Waals surface area contributed by atoms with E-state index in [0.717, 1.165) is 0 Å². The van der Waals surface area contributed by atoms with E-state index in [1.807, 2.05) is 0 Å². The van der Waals surface area contributed by atoms with E-state index in [1.165, 1.54) is 25.1 Å². The molecule has 0 amide bonds. The SMILES string of the molecule is Cc1cc(O)ccc1-c1cc(F)c(F)c(F)c1F. The first-order chi connectivity index (χ1) is 8.41. The molecule has 0 heterocycles. The van der Waals surface area contributed by atoms with E-state index in [-0.39, 0.29) is 16.9 Å². The molecule has 0 spiro atoms. The Morgan fingerprint density at radius 2 is 1.50 bits per heavy atom. The van der Waals surface area contributed by atoms with Gasteiger partial charge in [-0.15, -0.1) is 0 Å².